The lowest BCUT2D eigenvalue weighted by Gasteiger charge is -2.18. The number of thiophene rings is 1. The molecule has 1 aromatic heterocycles. The lowest BCUT2D eigenvalue weighted by atomic mass is 10.1. The van der Waals surface area contributed by atoms with Gasteiger partial charge in [0, 0.05) is 23.6 Å². The van der Waals surface area contributed by atoms with Gasteiger partial charge in [-0.1, -0.05) is 6.92 Å². The minimum atomic E-state index is -3.16. The molecule has 8 heteroatoms. The number of carbonyl (C=O) groups is 1. The van der Waals surface area contributed by atoms with Gasteiger partial charge in [0.25, 0.3) is 5.92 Å². The summed E-state index contributed by atoms with van der Waals surface area (Å²) in [7, 11) is 2.97. The zero-order valence-corrected chi connectivity index (χ0v) is 15.6. The molecule has 26 heavy (non-hydrogen) atoms. The monoisotopic (exact) mass is 385 g/mol. The van der Waals surface area contributed by atoms with Gasteiger partial charge in [-0.15, -0.1) is 11.3 Å². The van der Waals surface area contributed by atoms with E-state index in [2.05, 4.69) is 0 Å². The fraction of sp³-hybridized carbons (Fsp3) is 0.500. The predicted octanol–water partition coefficient (Wildman–Crippen LogP) is 4.42. The van der Waals surface area contributed by atoms with E-state index < -0.39 is 24.7 Å². The Balaban J connectivity index is 1.75. The number of methoxy groups -OCH3 is 2. The number of hydrogen-bond donors (Lipinski definition) is 1. The quantitative estimate of drug-likeness (QED) is 0.566. The Hall–Kier alpha value is -1.93. The maximum absolute atomic E-state index is 14.6. The van der Waals surface area contributed by atoms with Crippen molar-refractivity contribution in [3.63, 3.8) is 0 Å². The SMILES string of the molecule is COc1cc2cc(C(F)(F)CCC(=O)N(O)C3CC3C)sc2cc1OC. The molecule has 1 saturated carbocycles. The zero-order valence-electron chi connectivity index (χ0n) is 14.8. The lowest BCUT2D eigenvalue weighted by molar-refractivity contribution is -0.170. The molecular weight excluding hydrogens is 364 g/mol. The van der Waals surface area contributed by atoms with Crippen molar-refractivity contribution in [1.82, 2.24) is 5.06 Å². The number of hydrogen-bond acceptors (Lipinski definition) is 5. The van der Waals surface area contributed by atoms with Crippen molar-refractivity contribution in [2.24, 2.45) is 5.92 Å². The molecule has 0 bridgehead atoms. The third-order valence-corrected chi connectivity index (χ3v) is 5.88. The first kappa shape index (κ1) is 18.8. The maximum atomic E-state index is 14.6. The van der Waals surface area contributed by atoms with E-state index in [0.717, 1.165) is 11.3 Å². The largest absolute Gasteiger partial charge is 0.493 e. The Bertz CT molecular complexity index is 782. The number of benzene rings is 1. The summed E-state index contributed by atoms with van der Waals surface area (Å²) in [6, 6.07) is 4.49. The summed E-state index contributed by atoms with van der Waals surface area (Å²) in [5.41, 5.74) is 0. The van der Waals surface area contributed by atoms with Crippen molar-refractivity contribution in [3.8, 4) is 11.5 Å². The summed E-state index contributed by atoms with van der Waals surface area (Å²) in [6.45, 7) is 1.90. The van der Waals surface area contributed by atoms with Gasteiger partial charge in [0.15, 0.2) is 11.5 Å². The van der Waals surface area contributed by atoms with Gasteiger partial charge < -0.3 is 9.47 Å². The molecule has 5 nitrogen and oxygen atoms in total. The van der Waals surface area contributed by atoms with E-state index in [1.54, 1.807) is 12.1 Å². The van der Waals surface area contributed by atoms with Crippen LogP contribution in [-0.2, 0) is 10.7 Å². The fourth-order valence-corrected chi connectivity index (χ4v) is 3.95. The highest BCUT2D eigenvalue weighted by Gasteiger charge is 2.41. The number of carbonyl (C=O) groups excluding carboxylic acids is 1. The topological polar surface area (TPSA) is 59.0 Å². The van der Waals surface area contributed by atoms with Gasteiger partial charge >= 0.3 is 0 Å². The maximum Gasteiger partial charge on any atom is 0.282 e. The number of fused-ring (bicyclic) bond motifs is 1. The molecular formula is C18H21F2NO4S. The molecule has 0 spiro atoms. The van der Waals surface area contributed by atoms with Gasteiger partial charge in [-0.2, -0.15) is 0 Å². The molecule has 0 radical (unpaired) electrons. The van der Waals surface area contributed by atoms with Crippen molar-refractivity contribution in [1.29, 1.82) is 0 Å². The van der Waals surface area contributed by atoms with Crippen molar-refractivity contribution >= 4 is 27.3 Å². The number of amides is 1. The van der Waals surface area contributed by atoms with E-state index in [4.69, 9.17) is 9.47 Å². The van der Waals surface area contributed by atoms with Gasteiger partial charge in [-0.25, -0.2) is 13.8 Å². The number of ether oxygens (including phenoxy) is 2. The van der Waals surface area contributed by atoms with Crippen LogP contribution >= 0.6 is 11.3 Å². The summed E-state index contributed by atoms with van der Waals surface area (Å²) in [6.07, 6.45) is -0.350. The van der Waals surface area contributed by atoms with E-state index in [9.17, 15) is 18.8 Å². The first-order valence-electron chi connectivity index (χ1n) is 8.31. The van der Waals surface area contributed by atoms with E-state index in [1.165, 1.54) is 20.3 Å². The summed E-state index contributed by atoms with van der Waals surface area (Å²) in [5.74, 6) is -2.66. The molecule has 2 aromatic rings. The van der Waals surface area contributed by atoms with Crippen molar-refractivity contribution in [2.45, 2.75) is 38.2 Å². The van der Waals surface area contributed by atoms with Gasteiger partial charge in [0.05, 0.1) is 25.1 Å². The molecule has 0 aliphatic heterocycles. The molecule has 1 amide bonds. The third-order valence-electron chi connectivity index (χ3n) is 4.67. The number of nitrogens with zero attached hydrogens (tertiary/aromatic N) is 1. The normalized spacial score (nSPS) is 19.5. The Morgan fingerprint density at radius 2 is 1.92 bits per heavy atom. The van der Waals surface area contributed by atoms with Crippen LogP contribution in [0.2, 0.25) is 0 Å². The van der Waals surface area contributed by atoms with E-state index in [1.807, 2.05) is 6.92 Å². The van der Waals surface area contributed by atoms with E-state index >= 15 is 0 Å². The minimum Gasteiger partial charge on any atom is -0.493 e. The molecule has 2 unspecified atom stereocenters. The van der Waals surface area contributed by atoms with E-state index in [-0.39, 0.29) is 16.8 Å². The smallest absolute Gasteiger partial charge is 0.282 e. The number of alkyl halides is 2. The molecule has 3 rings (SSSR count). The Labute approximate surface area is 154 Å². The molecule has 142 valence electrons. The van der Waals surface area contributed by atoms with Crippen LogP contribution in [0.5, 0.6) is 11.5 Å². The highest BCUT2D eigenvalue weighted by molar-refractivity contribution is 7.19. The second-order valence-electron chi connectivity index (χ2n) is 6.58. The van der Waals surface area contributed by atoms with Crippen LogP contribution < -0.4 is 9.47 Å². The molecule has 2 atom stereocenters. The predicted molar refractivity (Wildman–Crippen MR) is 94.3 cm³/mol. The number of rotatable bonds is 7. The first-order valence-corrected chi connectivity index (χ1v) is 9.13. The van der Waals surface area contributed by atoms with Gasteiger partial charge in [-0.05, 0) is 29.9 Å². The second kappa shape index (κ2) is 7.00. The summed E-state index contributed by atoms with van der Waals surface area (Å²) in [4.78, 5) is 11.8. The van der Waals surface area contributed by atoms with Crippen molar-refractivity contribution in [2.75, 3.05) is 14.2 Å². The van der Waals surface area contributed by atoms with Gasteiger partial charge in [0.2, 0.25) is 5.91 Å². The molecule has 1 heterocycles. The zero-order chi connectivity index (χ0) is 19.1. The van der Waals surface area contributed by atoms with Crippen LogP contribution in [0.1, 0.15) is 31.1 Å². The molecule has 0 saturated heterocycles. The van der Waals surface area contributed by atoms with E-state index in [0.29, 0.717) is 33.1 Å². The first-order chi connectivity index (χ1) is 12.3. The van der Waals surface area contributed by atoms with Crippen molar-refractivity contribution < 1.29 is 28.3 Å². The Morgan fingerprint density at radius 1 is 1.31 bits per heavy atom. The fourth-order valence-electron chi connectivity index (χ4n) is 2.88. The van der Waals surface area contributed by atoms with Crippen molar-refractivity contribution in [3.05, 3.63) is 23.1 Å². The molecule has 1 N–H and O–H groups in total. The highest BCUT2D eigenvalue weighted by Crippen LogP contribution is 2.43. The third kappa shape index (κ3) is 3.61. The van der Waals surface area contributed by atoms with Gasteiger partial charge in [-0.3, -0.25) is 10.0 Å². The molecule has 1 fully saturated rings. The van der Waals surface area contributed by atoms with Gasteiger partial charge in [0.1, 0.15) is 0 Å². The lowest BCUT2D eigenvalue weighted by Crippen LogP contribution is -2.31. The summed E-state index contributed by atoms with van der Waals surface area (Å²) < 4.78 is 40.2. The molecule has 1 aliphatic rings. The summed E-state index contributed by atoms with van der Waals surface area (Å²) >= 11 is 0.959. The van der Waals surface area contributed by atoms with Crippen LogP contribution in [-0.4, -0.2) is 36.4 Å². The minimum absolute atomic E-state index is 0.125. The second-order valence-corrected chi connectivity index (χ2v) is 7.66. The van der Waals surface area contributed by atoms with Crippen LogP contribution in [0.15, 0.2) is 18.2 Å². The summed E-state index contributed by atoms with van der Waals surface area (Å²) in [5, 5.41) is 11.0. The average molecular weight is 385 g/mol. The molecule has 1 aromatic carbocycles. The van der Waals surface area contributed by atoms with Crippen LogP contribution in [0.25, 0.3) is 10.1 Å². The Kier molecular flexibility index (Phi) is 5.07. The van der Waals surface area contributed by atoms with Crippen LogP contribution in [0, 0.1) is 5.92 Å². The van der Waals surface area contributed by atoms with Crippen LogP contribution in [0.3, 0.4) is 0 Å². The standard InChI is InChI=1S/C18H21F2NO4S/c1-10-6-12(10)21(23)17(22)4-5-18(19,20)16-8-11-7-13(24-2)14(25-3)9-15(11)26-16/h7-10,12,23H,4-6H2,1-3H3. The number of hydroxylamine groups is 2. The Morgan fingerprint density at radius 3 is 2.50 bits per heavy atom. The molecule has 1 aliphatic carbocycles. The number of halogens is 2. The average Bonchev–Trinajstić information content (AvgIpc) is 3.19. The van der Waals surface area contributed by atoms with Crippen LogP contribution in [0.4, 0.5) is 8.78 Å². The highest BCUT2D eigenvalue weighted by atomic mass is 32.1.